The summed E-state index contributed by atoms with van der Waals surface area (Å²) in [6.45, 7) is 0.216. The van der Waals surface area contributed by atoms with Gasteiger partial charge in [0.25, 0.3) is 5.91 Å². The Labute approximate surface area is 137 Å². The maximum absolute atomic E-state index is 13.0. The molecule has 1 amide bonds. The maximum atomic E-state index is 13.0. The highest BCUT2D eigenvalue weighted by atomic mass is 19.1. The Bertz CT molecular complexity index is 918. The summed E-state index contributed by atoms with van der Waals surface area (Å²) >= 11 is 0. The van der Waals surface area contributed by atoms with Crippen molar-refractivity contribution in [3.8, 4) is 17.1 Å². The first kappa shape index (κ1) is 14.4. The van der Waals surface area contributed by atoms with E-state index in [4.69, 9.17) is 9.26 Å². The van der Waals surface area contributed by atoms with Crippen molar-refractivity contribution < 1.29 is 18.4 Å². The van der Waals surface area contributed by atoms with Gasteiger partial charge in [-0.2, -0.15) is 0 Å². The number of ether oxygens (including phenoxy) is 1. The van der Waals surface area contributed by atoms with Crippen molar-refractivity contribution in [2.75, 3.05) is 11.9 Å². The van der Waals surface area contributed by atoms with E-state index in [-0.39, 0.29) is 24.0 Å². The SMILES string of the molecule is CN(C(=O)c1noc2c1COc1ccccc1-2)c1ccc(F)cc1. The highest BCUT2D eigenvalue weighted by molar-refractivity contribution is 6.06. The van der Waals surface area contributed by atoms with Crippen LogP contribution < -0.4 is 9.64 Å². The minimum absolute atomic E-state index is 0.200. The first-order chi connectivity index (χ1) is 11.6. The van der Waals surface area contributed by atoms with Crippen molar-refractivity contribution in [1.82, 2.24) is 5.16 Å². The lowest BCUT2D eigenvalue weighted by Gasteiger charge is -2.18. The number of para-hydroxylation sites is 1. The Morgan fingerprint density at radius 2 is 1.92 bits per heavy atom. The van der Waals surface area contributed by atoms with Crippen LogP contribution in [0.1, 0.15) is 16.1 Å². The van der Waals surface area contributed by atoms with E-state index in [1.54, 1.807) is 7.05 Å². The smallest absolute Gasteiger partial charge is 0.280 e. The number of aromatic nitrogens is 1. The first-order valence-electron chi connectivity index (χ1n) is 7.39. The number of carbonyl (C=O) groups is 1. The summed E-state index contributed by atoms with van der Waals surface area (Å²) in [5.74, 6) is 0.553. The number of anilines is 1. The van der Waals surface area contributed by atoms with Crippen LogP contribution >= 0.6 is 0 Å². The van der Waals surface area contributed by atoms with Crippen molar-refractivity contribution >= 4 is 11.6 Å². The lowest BCUT2D eigenvalue weighted by molar-refractivity contribution is 0.0982. The van der Waals surface area contributed by atoms with Gasteiger partial charge in [-0.15, -0.1) is 0 Å². The van der Waals surface area contributed by atoms with E-state index >= 15 is 0 Å². The average molecular weight is 324 g/mol. The molecule has 2 heterocycles. The van der Waals surface area contributed by atoms with Crippen LogP contribution in [0, 0.1) is 5.82 Å². The molecule has 4 rings (SSSR count). The molecule has 0 fully saturated rings. The topological polar surface area (TPSA) is 55.6 Å². The molecule has 1 aromatic heterocycles. The second-order valence-electron chi connectivity index (χ2n) is 5.46. The predicted molar refractivity (Wildman–Crippen MR) is 85.4 cm³/mol. The number of nitrogens with zero attached hydrogens (tertiary/aromatic N) is 2. The van der Waals surface area contributed by atoms with Gasteiger partial charge in [0.15, 0.2) is 11.5 Å². The Hall–Kier alpha value is -3.15. The van der Waals surface area contributed by atoms with Crippen LogP contribution in [0.5, 0.6) is 5.75 Å². The number of hydrogen-bond donors (Lipinski definition) is 0. The molecule has 0 bridgehead atoms. The van der Waals surface area contributed by atoms with E-state index < -0.39 is 0 Å². The van der Waals surface area contributed by atoms with Gasteiger partial charge < -0.3 is 14.2 Å². The molecule has 5 nitrogen and oxygen atoms in total. The molecule has 6 heteroatoms. The number of amides is 1. The van der Waals surface area contributed by atoms with Gasteiger partial charge in [0, 0.05) is 12.7 Å². The Morgan fingerprint density at radius 3 is 2.71 bits per heavy atom. The zero-order valence-corrected chi connectivity index (χ0v) is 12.8. The van der Waals surface area contributed by atoms with E-state index in [1.165, 1.54) is 29.2 Å². The molecular formula is C18H13FN2O3. The van der Waals surface area contributed by atoms with Crippen LogP contribution in [0.25, 0.3) is 11.3 Å². The van der Waals surface area contributed by atoms with Crippen molar-refractivity contribution in [3.05, 3.63) is 65.6 Å². The third kappa shape index (κ3) is 2.23. The molecule has 0 saturated carbocycles. The summed E-state index contributed by atoms with van der Waals surface area (Å²) in [5, 5.41) is 3.94. The molecule has 1 aliphatic heterocycles. The third-order valence-electron chi connectivity index (χ3n) is 4.01. The van der Waals surface area contributed by atoms with Gasteiger partial charge in [-0.05, 0) is 36.4 Å². The fraction of sp³-hybridized carbons (Fsp3) is 0.111. The molecule has 2 aromatic carbocycles. The number of benzene rings is 2. The van der Waals surface area contributed by atoms with Gasteiger partial charge in [0.1, 0.15) is 18.2 Å². The van der Waals surface area contributed by atoms with Crippen LogP contribution in [-0.2, 0) is 6.61 Å². The maximum Gasteiger partial charge on any atom is 0.280 e. The number of halogens is 1. The van der Waals surface area contributed by atoms with Gasteiger partial charge >= 0.3 is 0 Å². The highest BCUT2D eigenvalue weighted by Gasteiger charge is 2.30. The minimum Gasteiger partial charge on any atom is -0.488 e. The molecule has 0 atom stereocenters. The fourth-order valence-corrected chi connectivity index (χ4v) is 2.69. The summed E-state index contributed by atoms with van der Waals surface area (Å²) < 4.78 is 24.1. The van der Waals surface area contributed by atoms with Crippen LogP contribution in [0.3, 0.4) is 0 Å². The molecule has 0 N–H and O–H groups in total. The van der Waals surface area contributed by atoms with E-state index in [0.717, 1.165) is 5.56 Å². The van der Waals surface area contributed by atoms with E-state index in [2.05, 4.69) is 5.16 Å². The van der Waals surface area contributed by atoms with Gasteiger partial charge in [-0.25, -0.2) is 4.39 Å². The highest BCUT2D eigenvalue weighted by Crippen LogP contribution is 2.38. The molecule has 1 aliphatic rings. The van der Waals surface area contributed by atoms with E-state index in [0.29, 0.717) is 22.8 Å². The van der Waals surface area contributed by atoms with Crippen LogP contribution in [0.15, 0.2) is 53.1 Å². The molecule has 0 aliphatic carbocycles. The molecule has 3 aromatic rings. The van der Waals surface area contributed by atoms with Crippen LogP contribution in [0.2, 0.25) is 0 Å². The van der Waals surface area contributed by atoms with Crippen molar-refractivity contribution in [1.29, 1.82) is 0 Å². The summed E-state index contributed by atoms with van der Waals surface area (Å²) in [5.41, 5.74) is 2.16. The average Bonchev–Trinajstić information content (AvgIpc) is 3.05. The summed E-state index contributed by atoms with van der Waals surface area (Å²) in [7, 11) is 1.61. The second-order valence-corrected chi connectivity index (χ2v) is 5.46. The molecule has 0 radical (unpaired) electrons. The predicted octanol–water partition coefficient (Wildman–Crippen LogP) is 3.65. The monoisotopic (exact) mass is 324 g/mol. The zero-order valence-electron chi connectivity index (χ0n) is 12.8. The van der Waals surface area contributed by atoms with Crippen LogP contribution in [0.4, 0.5) is 10.1 Å². The minimum atomic E-state index is -0.358. The normalized spacial score (nSPS) is 12.1. The van der Waals surface area contributed by atoms with Gasteiger partial charge in [-0.1, -0.05) is 17.3 Å². The summed E-state index contributed by atoms with van der Waals surface area (Å²) in [4.78, 5) is 14.1. The van der Waals surface area contributed by atoms with E-state index in [1.807, 2.05) is 24.3 Å². The lowest BCUT2D eigenvalue weighted by Crippen LogP contribution is -2.27. The quantitative estimate of drug-likeness (QED) is 0.722. The summed E-state index contributed by atoms with van der Waals surface area (Å²) in [6.07, 6.45) is 0. The molecule has 0 unspecified atom stereocenters. The van der Waals surface area contributed by atoms with Crippen LogP contribution in [-0.4, -0.2) is 18.1 Å². The first-order valence-corrected chi connectivity index (χ1v) is 7.39. The number of hydrogen-bond acceptors (Lipinski definition) is 4. The number of carbonyl (C=O) groups excluding carboxylic acids is 1. The molecular weight excluding hydrogens is 311 g/mol. The van der Waals surface area contributed by atoms with Gasteiger partial charge in [-0.3, -0.25) is 4.79 Å². The molecule has 120 valence electrons. The molecule has 0 saturated heterocycles. The van der Waals surface area contributed by atoms with Crippen molar-refractivity contribution in [2.45, 2.75) is 6.61 Å². The van der Waals surface area contributed by atoms with Crippen molar-refractivity contribution in [2.24, 2.45) is 0 Å². The second kappa shape index (κ2) is 5.49. The lowest BCUT2D eigenvalue weighted by atomic mass is 10.0. The zero-order chi connectivity index (χ0) is 16.7. The largest absolute Gasteiger partial charge is 0.488 e. The fourth-order valence-electron chi connectivity index (χ4n) is 2.69. The Balaban J connectivity index is 1.70. The van der Waals surface area contributed by atoms with Crippen molar-refractivity contribution in [3.63, 3.8) is 0 Å². The van der Waals surface area contributed by atoms with Gasteiger partial charge in [0.05, 0.1) is 11.1 Å². The molecule has 0 spiro atoms. The number of rotatable bonds is 2. The summed E-state index contributed by atoms with van der Waals surface area (Å²) in [6, 6.07) is 13.1. The Morgan fingerprint density at radius 1 is 1.17 bits per heavy atom. The van der Waals surface area contributed by atoms with Gasteiger partial charge in [0.2, 0.25) is 0 Å². The van der Waals surface area contributed by atoms with E-state index in [9.17, 15) is 9.18 Å². The standard InChI is InChI=1S/C18H13FN2O3/c1-21(12-8-6-11(19)7-9-12)18(22)16-14-10-23-15-5-3-2-4-13(15)17(14)24-20-16/h2-9H,10H2,1H3. The third-order valence-corrected chi connectivity index (χ3v) is 4.01. The Kier molecular flexibility index (Phi) is 3.30. The molecule has 24 heavy (non-hydrogen) atoms. The number of fused-ring (bicyclic) bond motifs is 3.